The van der Waals surface area contributed by atoms with Gasteiger partial charge in [-0.3, -0.25) is 10.1 Å². The summed E-state index contributed by atoms with van der Waals surface area (Å²) in [5, 5.41) is 19.6. The summed E-state index contributed by atoms with van der Waals surface area (Å²) < 4.78 is 0. The van der Waals surface area contributed by atoms with Gasteiger partial charge in [-0.05, 0) is 17.9 Å². The van der Waals surface area contributed by atoms with Crippen LogP contribution in [0.1, 0.15) is 24.8 Å². The summed E-state index contributed by atoms with van der Waals surface area (Å²) in [6, 6.07) is 9.69. The molecule has 0 aliphatic carbocycles. The zero-order valence-electron chi connectivity index (χ0n) is 8.67. The first kappa shape index (κ1) is 11.7. The van der Waals surface area contributed by atoms with E-state index < -0.39 is 11.0 Å². The molecule has 0 aromatic heterocycles. The second kappa shape index (κ2) is 5.46. The Bertz CT molecular complexity index is 313. The Hall–Kier alpha value is -1.42. The Kier molecular flexibility index (Phi) is 4.24. The van der Waals surface area contributed by atoms with Crippen LogP contribution in [0.3, 0.4) is 0 Å². The molecule has 0 amide bonds. The lowest BCUT2D eigenvalue weighted by Gasteiger charge is -2.13. The maximum atomic E-state index is 10.2. The van der Waals surface area contributed by atoms with Crippen molar-refractivity contribution >= 4 is 0 Å². The lowest BCUT2D eigenvalue weighted by Crippen LogP contribution is -2.21. The molecule has 2 unspecified atom stereocenters. The van der Waals surface area contributed by atoms with Gasteiger partial charge in [-0.2, -0.15) is 0 Å². The monoisotopic (exact) mass is 209 g/mol. The lowest BCUT2D eigenvalue weighted by atomic mass is 9.95. The van der Waals surface area contributed by atoms with E-state index in [-0.39, 0.29) is 12.5 Å². The second-order valence-electron chi connectivity index (χ2n) is 3.72. The highest BCUT2D eigenvalue weighted by molar-refractivity contribution is 5.18. The van der Waals surface area contributed by atoms with E-state index in [0.29, 0.717) is 6.42 Å². The normalized spacial score (nSPS) is 14.5. The molecule has 0 radical (unpaired) electrons. The number of nitro groups is 1. The molecule has 0 bridgehead atoms. The number of nitrogens with zero attached hydrogens (tertiary/aromatic N) is 1. The van der Waals surface area contributed by atoms with Crippen molar-refractivity contribution in [1.29, 1.82) is 0 Å². The Morgan fingerprint density at radius 2 is 2.00 bits per heavy atom. The van der Waals surface area contributed by atoms with Crippen LogP contribution in [0.15, 0.2) is 30.3 Å². The molecule has 0 heterocycles. The first-order valence-corrected chi connectivity index (χ1v) is 4.94. The molecule has 1 N–H and O–H groups in total. The summed E-state index contributed by atoms with van der Waals surface area (Å²) in [6.07, 6.45) is -0.444. The minimum atomic E-state index is -0.866. The summed E-state index contributed by atoms with van der Waals surface area (Å²) in [4.78, 5) is 9.69. The quantitative estimate of drug-likeness (QED) is 0.594. The summed E-state index contributed by atoms with van der Waals surface area (Å²) in [5.41, 5.74) is 1.10. The van der Waals surface area contributed by atoms with Crippen LogP contribution in [-0.2, 0) is 0 Å². The number of benzene rings is 1. The molecule has 82 valence electrons. The van der Waals surface area contributed by atoms with Gasteiger partial charge >= 0.3 is 0 Å². The van der Waals surface area contributed by atoms with E-state index in [9.17, 15) is 15.2 Å². The lowest BCUT2D eigenvalue weighted by molar-refractivity contribution is -0.490. The van der Waals surface area contributed by atoms with Gasteiger partial charge in [-0.25, -0.2) is 0 Å². The summed E-state index contributed by atoms with van der Waals surface area (Å²) in [5.74, 6) is 0.140. The number of aliphatic hydroxyl groups is 1. The van der Waals surface area contributed by atoms with Gasteiger partial charge in [-0.1, -0.05) is 37.3 Å². The predicted molar refractivity (Wildman–Crippen MR) is 57.3 cm³/mol. The highest BCUT2D eigenvalue weighted by Gasteiger charge is 2.16. The van der Waals surface area contributed by atoms with Gasteiger partial charge in [0.1, 0.15) is 6.10 Å². The van der Waals surface area contributed by atoms with E-state index in [1.54, 1.807) is 0 Å². The molecule has 15 heavy (non-hydrogen) atoms. The SMILES string of the molecule is CC(CC(O)C[N+](=O)[O-])c1ccccc1. The van der Waals surface area contributed by atoms with Gasteiger partial charge in [0.15, 0.2) is 0 Å². The zero-order valence-corrected chi connectivity index (χ0v) is 8.67. The van der Waals surface area contributed by atoms with Crippen LogP contribution in [0.5, 0.6) is 0 Å². The number of hydrogen-bond donors (Lipinski definition) is 1. The fourth-order valence-corrected chi connectivity index (χ4v) is 1.57. The van der Waals surface area contributed by atoms with Crippen molar-refractivity contribution in [2.75, 3.05) is 6.54 Å². The molecular formula is C11H15NO3. The van der Waals surface area contributed by atoms with Crippen molar-refractivity contribution in [3.8, 4) is 0 Å². The third-order valence-corrected chi connectivity index (χ3v) is 2.35. The second-order valence-corrected chi connectivity index (χ2v) is 3.72. The Morgan fingerprint density at radius 3 is 2.53 bits per heavy atom. The van der Waals surface area contributed by atoms with E-state index in [2.05, 4.69) is 0 Å². The van der Waals surface area contributed by atoms with E-state index in [0.717, 1.165) is 5.56 Å². The predicted octanol–water partition coefficient (Wildman–Crippen LogP) is 1.82. The van der Waals surface area contributed by atoms with Gasteiger partial charge in [0.25, 0.3) is 0 Å². The van der Waals surface area contributed by atoms with E-state index in [1.807, 2.05) is 37.3 Å². The standard InChI is InChI=1S/C11H15NO3/c1-9(7-11(13)8-12(14)15)10-5-3-2-4-6-10/h2-6,9,11,13H,7-8H2,1H3. The molecule has 0 fully saturated rings. The average molecular weight is 209 g/mol. The van der Waals surface area contributed by atoms with Gasteiger partial charge in [-0.15, -0.1) is 0 Å². The number of hydrogen-bond acceptors (Lipinski definition) is 3. The third kappa shape index (κ3) is 4.08. The first-order chi connectivity index (χ1) is 7.09. The van der Waals surface area contributed by atoms with Gasteiger partial charge < -0.3 is 5.11 Å². The summed E-state index contributed by atoms with van der Waals surface area (Å²) in [6.45, 7) is 1.58. The van der Waals surface area contributed by atoms with Crippen LogP contribution < -0.4 is 0 Å². The van der Waals surface area contributed by atoms with Gasteiger partial charge in [0.2, 0.25) is 6.54 Å². The van der Waals surface area contributed by atoms with Crippen molar-refractivity contribution in [2.45, 2.75) is 25.4 Å². The van der Waals surface area contributed by atoms with Crippen LogP contribution in [0, 0.1) is 10.1 Å². The minimum Gasteiger partial charge on any atom is -0.386 e. The molecule has 1 aromatic carbocycles. The average Bonchev–Trinajstić information content (AvgIpc) is 2.17. The highest BCUT2D eigenvalue weighted by atomic mass is 16.6. The molecule has 0 spiro atoms. The Morgan fingerprint density at radius 1 is 1.40 bits per heavy atom. The van der Waals surface area contributed by atoms with E-state index in [4.69, 9.17) is 0 Å². The third-order valence-electron chi connectivity index (χ3n) is 2.35. The molecular weight excluding hydrogens is 194 g/mol. The van der Waals surface area contributed by atoms with E-state index >= 15 is 0 Å². The largest absolute Gasteiger partial charge is 0.386 e. The van der Waals surface area contributed by atoms with Crippen molar-refractivity contribution < 1.29 is 10.0 Å². The van der Waals surface area contributed by atoms with Crippen molar-refractivity contribution in [3.63, 3.8) is 0 Å². The fourth-order valence-electron chi connectivity index (χ4n) is 1.57. The molecule has 1 rings (SSSR count). The molecule has 0 saturated carbocycles. The smallest absolute Gasteiger partial charge is 0.229 e. The Balaban J connectivity index is 2.49. The molecule has 0 saturated heterocycles. The Labute approximate surface area is 88.7 Å². The van der Waals surface area contributed by atoms with Crippen molar-refractivity contribution in [1.82, 2.24) is 0 Å². The maximum absolute atomic E-state index is 10.2. The van der Waals surface area contributed by atoms with Crippen LogP contribution >= 0.6 is 0 Å². The van der Waals surface area contributed by atoms with Crippen molar-refractivity contribution in [2.24, 2.45) is 0 Å². The molecule has 2 atom stereocenters. The minimum absolute atomic E-state index is 0.140. The summed E-state index contributed by atoms with van der Waals surface area (Å²) in [7, 11) is 0. The van der Waals surface area contributed by atoms with Crippen LogP contribution in [0.25, 0.3) is 0 Å². The topological polar surface area (TPSA) is 63.4 Å². The van der Waals surface area contributed by atoms with Crippen LogP contribution in [0.4, 0.5) is 0 Å². The van der Waals surface area contributed by atoms with Crippen molar-refractivity contribution in [3.05, 3.63) is 46.0 Å². The molecule has 4 nitrogen and oxygen atoms in total. The first-order valence-electron chi connectivity index (χ1n) is 4.94. The van der Waals surface area contributed by atoms with E-state index in [1.165, 1.54) is 0 Å². The highest BCUT2D eigenvalue weighted by Crippen LogP contribution is 2.20. The van der Waals surface area contributed by atoms with Crippen LogP contribution in [-0.4, -0.2) is 22.7 Å². The molecule has 1 aromatic rings. The van der Waals surface area contributed by atoms with Crippen LogP contribution in [0.2, 0.25) is 0 Å². The zero-order chi connectivity index (χ0) is 11.3. The molecule has 0 aliphatic heterocycles. The van der Waals surface area contributed by atoms with Gasteiger partial charge in [0.05, 0.1) is 0 Å². The number of aliphatic hydroxyl groups excluding tert-OH is 1. The summed E-state index contributed by atoms with van der Waals surface area (Å²) >= 11 is 0. The molecule has 4 heteroatoms. The maximum Gasteiger partial charge on any atom is 0.229 e. The fraction of sp³-hybridized carbons (Fsp3) is 0.455. The molecule has 0 aliphatic rings. The van der Waals surface area contributed by atoms with Gasteiger partial charge in [0, 0.05) is 4.92 Å². The number of rotatable bonds is 5.